The van der Waals surface area contributed by atoms with Crippen molar-refractivity contribution >= 4 is 87.7 Å². The maximum absolute atomic E-state index is 13.5. The van der Waals surface area contributed by atoms with Crippen molar-refractivity contribution in [1.82, 2.24) is 0 Å². The molecule has 0 aromatic heterocycles. The molecule has 0 unspecified atom stereocenters. The number of nitrogens with zero attached hydrogens (tertiary/aromatic N) is 4. The molecule has 58 heavy (non-hydrogen) atoms. The van der Waals surface area contributed by atoms with Gasteiger partial charge in [0.05, 0.1) is 32.3 Å². The summed E-state index contributed by atoms with van der Waals surface area (Å²) in [5, 5.41) is 46.4. The van der Waals surface area contributed by atoms with Gasteiger partial charge in [-0.25, -0.2) is 0 Å². The number of carbonyl (C=O) groups excluding carboxylic acids is 2. The largest absolute Gasteiger partial charge is 0.505 e. The summed E-state index contributed by atoms with van der Waals surface area (Å²) < 4.78 is 64.0. The lowest BCUT2D eigenvalue weighted by molar-refractivity contribution is 0.101. The number of aromatic hydroxyl groups is 2. The Morgan fingerprint density at radius 2 is 0.810 bits per heavy atom. The fraction of sp³-hybridized carbons (Fsp3) is 0. The Bertz CT molecular complexity index is 2840. The third-order valence-corrected chi connectivity index (χ3v) is 10.4. The quantitative estimate of drug-likeness (QED) is 0.0563. The normalized spacial score (nSPS) is 12.0. The highest BCUT2D eigenvalue weighted by atomic mass is 32.2. The number of anilines is 2. The van der Waals surface area contributed by atoms with E-state index >= 15 is 0 Å². The molecule has 0 aliphatic carbocycles. The van der Waals surface area contributed by atoms with Gasteiger partial charge in [-0.15, -0.1) is 10.2 Å². The minimum atomic E-state index is -4.41. The predicted octanol–water partition coefficient (Wildman–Crippen LogP) is 9.23. The van der Waals surface area contributed by atoms with E-state index < -0.39 is 43.5 Å². The number of rotatable bonds is 10. The van der Waals surface area contributed by atoms with Gasteiger partial charge in [0.25, 0.3) is 32.1 Å². The van der Waals surface area contributed by atoms with Crippen LogP contribution in [0.1, 0.15) is 20.7 Å². The number of phenols is 2. The van der Waals surface area contributed by atoms with E-state index in [9.17, 15) is 45.7 Å². The lowest BCUT2D eigenvalue weighted by Gasteiger charge is -2.13. The fourth-order valence-corrected chi connectivity index (χ4v) is 6.76. The van der Waals surface area contributed by atoms with E-state index in [1.54, 1.807) is 48.5 Å². The van der Waals surface area contributed by atoms with Crippen molar-refractivity contribution in [3.8, 4) is 11.5 Å². The van der Waals surface area contributed by atoms with Crippen molar-refractivity contribution in [3.63, 3.8) is 0 Å². The molecule has 0 atom stereocenters. The van der Waals surface area contributed by atoms with E-state index in [0.717, 1.165) is 24.3 Å². The van der Waals surface area contributed by atoms with Crippen molar-refractivity contribution in [2.24, 2.45) is 20.5 Å². The van der Waals surface area contributed by atoms with E-state index in [2.05, 4.69) is 31.1 Å². The highest BCUT2D eigenvalue weighted by Crippen LogP contribution is 2.41. The molecule has 0 saturated heterocycles. The van der Waals surface area contributed by atoms with Crippen molar-refractivity contribution in [1.29, 1.82) is 0 Å². The van der Waals surface area contributed by atoms with Gasteiger partial charge in [-0.05, 0) is 95.7 Å². The van der Waals surface area contributed by atoms with E-state index in [4.69, 9.17) is 0 Å². The van der Waals surface area contributed by atoms with Crippen LogP contribution < -0.4 is 10.6 Å². The maximum atomic E-state index is 13.5. The first-order chi connectivity index (χ1) is 27.7. The van der Waals surface area contributed by atoms with Crippen LogP contribution in [0.25, 0.3) is 21.5 Å². The standard InChI is InChI=1S/C40H28N6O10S2/c47-37-33(21-23-5-1-3-7-31(23)35(37)45-43-27-13-17-29(18-14-27)57(51,52)53)39(49)41-25-9-11-26(12-10-25)42-40(50)34-22-24-6-2-4-8-32(24)36(38(34)48)46-44-28-15-19-30(20-16-28)58(54,55)56/h1-22,47-48H,(H,41,49)(H,42,50)(H,51,52,53)(H,54,55,56). The van der Waals surface area contributed by atoms with Gasteiger partial charge in [0, 0.05) is 22.1 Å². The summed E-state index contributed by atoms with van der Waals surface area (Å²) in [4.78, 5) is 26.3. The van der Waals surface area contributed by atoms with Crippen LogP contribution in [-0.2, 0) is 20.2 Å². The number of fused-ring (bicyclic) bond motifs is 2. The molecule has 2 amide bonds. The van der Waals surface area contributed by atoms with Crippen LogP contribution in [0.2, 0.25) is 0 Å². The molecule has 0 radical (unpaired) electrons. The molecule has 0 bridgehead atoms. The van der Waals surface area contributed by atoms with Gasteiger partial charge in [0.2, 0.25) is 0 Å². The third kappa shape index (κ3) is 8.39. The first kappa shape index (κ1) is 38.9. The summed E-state index contributed by atoms with van der Waals surface area (Å²) in [5.74, 6) is -2.32. The number of hydrogen-bond donors (Lipinski definition) is 6. The summed E-state index contributed by atoms with van der Waals surface area (Å²) in [7, 11) is -8.82. The van der Waals surface area contributed by atoms with Gasteiger partial charge in [-0.1, -0.05) is 48.5 Å². The highest BCUT2D eigenvalue weighted by molar-refractivity contribution is 7.86. The number of carbonyl (C=O) groups is 2. The van der Waals surface area contributed by atoms with Crippen molar-refractivity contribution in [2.75, 3.05) is 10.6 Å². The van der Waals surface area contributed by atoms with Gasteiger partial charge in [0.1, 0.15) is 11.4 Å². The van der Waals surface area contributed by atoms with Gasteiger partial charge < -0.3 is 20.8 Å². The Balaban J connectivity index is 1.09. The zero-order valence-corrected chi connectivity index (χ0v) is 31.2. The second kappa shape index (κ2) is 15.6. The third-order valence-electron chi connectivity index (χ3n) is 8.68. The molecule has 0 saturated carbocycles. The van der Waals surface area contributed by atoms with Crippen LogP contribution in [0, 0.1) is 0 Å². The van der Waals surface area contributed by atoms with Crippen molar-refractivity contribution in [2.45, 2.75) is 9.79 Å². The summed E-state index contributed by atoms with van der Waals surface area (Å²) in [5.41, 5.74) is 0.750. The lowest BCUT2D eigenvalue weighted by Crippen LogP contribution is -2.13. The smallest absolute Gasteiger partial charge is 0.294 e. The predicted molar refractivity (Wildman–Crippen MR) is 214 cm³/mol. The Labute approximate surface area is 329 Å². The average Bonchev–Trinajstić information content (AvgIpc) is 3.20. The number of amides is 2. The second-order valence-corrected chi connectivity index (χ2v) is 15.4. The molecule has 0 aliphatic heterocycles. The lowest BCUT2D eigenvalue weighted by atomic mass is 10.0. The SMILES string of the molecule is O=C(Nc1ccc(NC(=O)c2cc3ccccc3c(N=Nc3ccc(S(=O)(=O)O)cc3)c2O)cc1)c1cc2ccccc2c(N=Nc2ccc(S(=O)(=O)O)cc2)c1O. The molecular formula is C40H28N6O10S2. The number of phenolic OH excluding ortho intramolecular Hbond substituents is 2. The summed E-state index contributed by atoms with van der Waals surface area (Å²) in [6.07, 6.45) is 0. The molecule has 6 N–H and O–H groups in total. The number of hydrogen-bond acceptors (Lipinski definition) is 12. The number of nitrogens with one attached hydrogen (secondary N) is 2. The topological polar surface area (TPSA) is 257 Å². The average molecular weight is 817 g/mol. The number of benzene rings is 7. The minimum Gasteiger partial charge on any atom is -0.505 e. The molecule has 7 aromatic rings. The fourth-order valence-electron chi connectivity index (χ4n) is 5.80. The van der Waals surface area contributed by atoms with Crippen LogP contribution in [0.15, 0.2) is 164 Å². The summed E-state index contributed by atoms with van der Waals surface area (Å²) in [6.45, 7) is 0. The maximum Gasteiger partial charge on any atom is 0.294 e. The van der Waals surface area contributed by atoms with Gasteiger partial charge >= 0.3 is 0 Å². The van der Waals surface area contributed by atoms with Crippen LogP contribution in [0.4, 0.5) is 34.1 Å². The molecule has 290 valence electrons. The van der Waals surface area contributed by atoms with Crippen molar-refractivity contribution < 1.29 is 45.7 Å². The van der Waals surface area contributed by atoms with E-state index in [1.165, 1.54) is 60.7 Å². The molecular weight excluding hydrogens is 789 g/mol. The Morgan fingerprint density at radius 3 is 1.16 bits per heavy atom. The van der Waals surface area contributed by atoms with Crippen molar-refractivity contribution in [3.05, 3.63) is 145 Å². The first-order valence-electron chi connectivity index (χ1n) is 16.9. The molecule has 7 aromatic carbocycles. The zero-order valence-electron chi connectivity index (χ0n) is 29.5. The van der Waals surface area contributed by atoms with Crippen LogP contribution >= 0.6 is 0 Å². The molecule has 0 fully saturated rings. The van der Waals surface area contributed by atoms with Crippen LogP contribution in [0.5, 0.6) is 11.5 Å². The molecule has 16 nitrogen and oxygen atoms in total. The molecule has 0 spiro atoms. The monoisotopic (exact) mass is 816 g/mol. The van der Waals surface area contributed by atoms with Crippen LogP contribution in [-0.4, -0.2) is 48.0 Å². The minimum absolute atomic E-state index is 0.0175. The molecule has 18 heteroatoms. The van der Waals surface area contributed by atoms with E-state index in [1.807, 2.05) is 0 Å². The highest BCUT2D eigenvalue weighted by Gasteiger charge is 2.21. The van der Waals surface area contributed by atoms with Crippen LogP contribution in [0.3, 0.4) is 0 Å². The van der Waals surface area contributed by atoms with Gasteiger partial charge in [0.15, 0.2) is 11.5 Å². The summed E-state index contributed by atoms with van der Waals surface area (Å²) >= 11 is 0. The number of azo groups is 2. The van der Waals surface area contributed by atoms with E-state index in [0.29, 0.717) is 32.9 Å². The van der Waals surface area contributed by atoms with E-state index in [-0.39, 0.29) is 43.7 Å². The molecule has 0 aliphatic rings. The van der Waals surface area contributed by atoms with Gasteiger partial charge in [-0.3, -0.25) is 18.7 Å². The first-order valence-corrected chi connectivity index (χ1v) is 19.7. The Kier molecular flexibility index (Phi) is 10.5. The zero-order chi connectivity index (χ0) is 41.2. The van der Waals surface area contributed by atoms with Gasteiger partial charge in [-0.2, -0.15) is 27.1 Å². The molecule has 0 heterocycles. The molecule has 7 rings (SSSR count). The second-order valence-electron chi connectivity index (χ2n) is 12.5. The Hall–Kier alpha value is -7.38. The summed E-state index contributed by atoms with van der Waals surface area (Å²) in [6, 6.07) is 32.5. The Morgan fingerprint density at radius 1 is 0.466 bits per heavy atom.